The van der Waals surface area contributed by atoms with E-state index < -0.39 is 5.97 Å². The summed E-state index contributed by atoms with van der Waals surface area (Å²) in [4.78, 5) is 24.4. The topological polar surface area (TPSA) is 89.9 Å². The number of nitrogens with one attached hydrogen (secondary N) is 1. The molecular formula is C12H14N2O4. The highest BCUT2D eigenvalue weighted by molar-refractivity contribution is 6.00. The number of hydrogen-bond acceptors (Lipinski definition) is 3. The molecule has 0 aliphatic heterocycles. The Kier molecular flexibility index (Phi) is 3.10. The SMILES string of the molecule is CN(C(=O)Nc1ccc(O)cc1C(=O)O)C1CC1. The van der Waals surface area contributed by atoms with Gasteiger partial charge in [-0.05, 0) is 31.0 Å². The van der Waals surface area contributed by atoms with E-state index in [9.17, 15) is 14.7 Å². The van der Waals surface area contributed by atoms with Gasteiger partial charge in [-0.2, -0.15) is 0 Å². The van der Waals surface area contributed by atoms with E-state index >= 15 is 0 Å². The third-order valence-electron chi connectivity index (χ3n) is 2.89. The lowest BCUT2D eigenvalue weighted by molar-refractivity contribution is 0.0697. The molecule has 3 N–H and O–H groups in total. The molecule has 1 aromatic rings. The van der Waals surface area contributed by atoms with E-state index in [1.54, 1.807) is 11.9 Å². The van der Waals surface area contributed by atoms with Crippen molar-refractivity contribution in [1.29, 1.82) is 0 Å². The van der Waals surface area contributed by atoms with Crippen molar-refractivity contribution in [3.63, 3.8) is 0 Å². The molecule has 6 heteroatoms. The maximum atomic E-state index is 11.8. The Morgan fingerprint density at radius 2 is 2.06 bits per heavy atom. The van der Waals surface area contributed by atoms with Gasteiger partial charge in [0.1, 0.15) is 5.75 Å². The van der Waals surface area contributed by atoms with Gasteiger partial charge >= 0.3 is 12.0 Å². The predicted molar refractivity (Wildman–Crippen MR) is 64.9 cm³/mol. The summed E-state index contributed by atoms with van der Waals surface area (Å²) in [5.41, 5.74) is 0.0466. The molecule has 0 heterocycles. The summed E-state index contributed by atoms with van der Waals surface area (Å²) in [5, 5.41) is 20.8. The predicted octanol–water partition coefficient (Wildman–Crippen LogP) is 1.72. The van der Waals surface area contributed by atoms with E-state index in [0.717, 1.165) is 18.9 Å². The maximum absolute atomic E-state index is 11.8. The summed E-state index contributed by atoms with van der Waals surface area (Å²) in [6.45, 7) is 0. The average Bonchev–Trinajstić information content (AvgIpc) is 3.14. The summed E-state index contributed by atoms with van der Waals surface area (Å²) in [7, 11) is 1.67. The second-order valence-electron chi connectivity index (χ2n) is 4.31. The van der Waals surface area contributed by atoms with Crippen LogP contribution in [0.25, 0.3) is 0 Å². The molecule has 0 unspecified atom stereocenters. The molecule has 96 valence electrons. The van der Waals surface area contributed by atoms with Gasteiger partial charge in [0.05, 0.1) is 11.3 Å². The molecule has 1 saturated carbocycles. The van der Waals surface area contributed by atoms with Gasteiger partial charge in [0, 0.05) is 13.1 Å². The van der Waals surface area contributed by atoms with Crippen LogP contribution in [0.2, 0.25) is 0 Å². The minimum absolute atomic E-state index is 0.132. The normalized spacial score (nSPS) is 14.1. The zero-order valence-electron chi connectivity index (χ0n) is 9.88. The number of anilines is 1. The lowest BCUT2D eigenvalue weighted by Crippen LogP contribution is -2.33. The standard InChI is InChI=1S/C12H14N2O4/c1-14(7-2-3-7)12(18)13-10-5-4-8(15)6-9(10)11(16)17/h4-7,15H,2-3H2,1H3,(H,13,18)(H,16,17). The molecule has 0 aromatic heterocycles. The number of amides is 2. The minimum atomic E-state index is -1.20. The molecule has 2 rings (SSSR count). The number of benzene rings is 1. The van der Waals surface area contributed by atoms with Crippen molar-refractivity contribution in [1.82, 2.24) is 4.90 Å². The van der Waals surface area contributed by atoms with Crippen LogP contribution in [0.4, 0.5) is 10.5 Å². The van der Waals surface area contributed by atoms with Crippen molar-refractivity contribution < 1.29 is 19.8 Å². The molecule has 1 aromatic carbocycles. The first kappa shape index (κ1) is 12.2. The van der Waals surface area contributed by atoms with Gasteiger partial charge < -0.3 is 20.4 Å². The number of phenolic OH excluding ortho intramolecular Hbond substituents is 1. The molecule has 2 amide bonds. The molecule has 0 radical (unpaired) electrons. The van der Waals surface area contributed by atoms with Crippen LogP contribution in [0.15, 0.2) is 18.2 Å². The number of carboxylic acid groups (broad SMARTS) is 1. The first-order valence-electron chi connectivity index (χ1n) is 5.59. The van der Waals surface area contributed by atoms with Gasteiger partial charge in [0.25, 0.3) is 0 Å². The zero-order chi connectivity index (χ0) is 13.3. The third kappa shape index (κ3) is 2.53. The van der Waals surface area contributed by atoms with E-state index in [-0.39, 0.29) is 29.1 Å². The van der Waals surface area contributed by atoms with Gasteiger partial charge in [0.2, 0.25) is 0 Å². The van der Waals surface area contributed by atoms with Crippen LogP contribution in [0.5, 0.6) is 5.75 Å². The van der Waals surface area contributed by atoms with Crippen LogP contribution in [0.1, 0.15) is 23.2 Å². The van der Waals surface area contributed by atoms with Crippen molar-refractivity contribution in [3.8, 4) is 5.75 Å². The van der Waals surface area contributed by atoms with E-state index in [1.807, 2.05) is 0 Å². The fourth-order valence-corrected chi connectivity index (χ4v) is 1.65. The van der Waals surface area contributed by atoms with Gasteiger partial charge in [-0.15, -0.1) is 0 Å². The Hall–Kier alpha value is -2.24. The smallest absolute Gasteiger partial charge is 0.337 e. The zero-order valence-corrected chi connectivity index (χ0v) is 9.88. The van der Waals surface area contributed by atoms with Crippen molar-refractivity contribution >= 4 is 17.7 Å². The molecule has 0 bridgehead atoms. The minimum Gasteiger partial charge on any atom is -0.508 e. The molecule has 1 fully saturated rings. The second-order valence-corrected chi connectivity index (χ2v) is 4.31. The lowest BCUT2D eigenvalue weighted by atomic mass is 10.1. The Balaban J connectivity index is 2.17. The van der Waals surface area contributed by atoms with Crippen molar-refractivity contribution in [3.05, 3.63) is 23.8 Å². The number of carbonyl (C=O) groups excluding carboxylic acids is 1. The first-order valence-corrected chi connectivity index (χ1v) is 5.59. The quantitative estimate of drug-likeness (QED) is 0.712. The van der Waals surface area contributed by atoms with Crippen LogP contribution in [0, 0.1) is 0 Å². The van der Waals surface area contributed by atoms with Crippen LogP contribution in [0.3, 0.4) is 0 Å². The Morgan fingerprint density at radius 1 is 1.39 bits per heavy atom. The summed E-state index contributed by atoms with van der Waals surface area (Å²) >= 11 is 0. The number of phenols is 1. The lowest BCUT2D eigenvalue weighted by Gasteiger charge is -2.18. The highest BCUT2D eigenvalue weighted by atomic mass is 16.4. The van der Waals surface area contributed by atoms with Crippen LogP contribution in [-0.4, -0.2) is 40.2 Å². The van der Waals surface area contributed by atoms with E-state index in [2.05, 4.69) is 5.32 Å². The third-order valence-corrected chi connectivity index (χ3v) is 2.89. The Bertz CT molecular complexity index is 497. The number of hydrogen-bond donors (Lipinski definition) is 3. The van der Waals surface area contributed by atoms with E-state index in [4.69, 9.17) is 5.11 Å². The van der Waals surface area contributed by atoms with E-state index in [0.29, 0.717) is 0 Å². The summed E-state index contributed by atoms with van der Waals surface area (Å²) in [6.07, 6.45) is 1.95. The summed E-state index contributed by atoms with van der Waals surface area (Å²) in [6, 6.07) is 3.71. The molecule has 18 heavy (non-hydrogen) atoms. The number of carboxylic acids is 1. The Labute approximate surface area is 104 Å². The van der Waals surface area contributed by atoms with Crippen molar-refractivity contribution in [2.24, 2.45) is 0 Å². The van der Waals surface area contributed by atoms with Crippen LogP contribution in [-0.2, 0) is 0 Å². The van der Waals surface area contributed by atoms with Gasteiger partial charge in [-0.3, -0.25) is 0 Å². The van der Waals surface area contributed by atoms with Crippen LogP contribution < -0.4 is 5.32 Å². The fraction of sp³-hybridized carbons (Fsp3) is 0.333. The number of urea groups is 1. The number of nitrogens with zero attached hydrogens (tertiary/aromatic N) is 1. The number of aromatic hydroxyl groups is 1. The van der Waals surface area contributed by atoms with E-state index in [1.165, 1.54) is 12.1 Å². The van der Waals surface area contributed by atoms with Crippen LogP contribution >= 0.6 is 0 Å². The molecule has 1 aliphatic carbocycles. The summed E-state index contributed by atoms with van der Waals surface area (Å²) < 4.78 is 0. The van der Waals surface area contributed by atoms with Gasteiger partial charge in [0.15, 0.2) is 0 Å². The molecule has 0 spiro atoms. The number of rotatable bonds is 3. The first-order chi connectivity index (χ1) is 8.49. The average molecular weight is 250 g/mol. The Morgan fingerprint density at radius 3 is 2.61 bits per heavy atom. The molecule has 0 atom stereocenters. The van der Waals surface area contributed by atoms with Crippen molar-refractivity contribution in [2.75, 3.05) is 12.4 Å². The molecule has 1 aliphatic rings. The molecule has 0 saturated heterocycles. The highest BCUT2D eigenvalue weighted by Gasteiger charge is 2.30. The van der Waals surface area contributed by atoms with Gasteiger partial charge in [-0.1, -0.05) is 0 Å². The number of aromatic carboxylic acids is 1. The molecular weight excluding hydrogens is 236 g/mol. The maximum Gasteiger partial charge on any atom is 0.337 e. The number of carbonyl (C=O) groups is 2. The molecule has 6 nitrogen and oxygen atoms in total. The van der Waals surface area contributed by atoms with Gasteiger partial charge in [-0.25, -0.2) is 9.59 Å². The largest absolute Gasteiger partial charge is 0.508 e. The van der Waals surface area contributed by atoms with Crippen molar-refractivity contribution in [2.45, 2.75) is 18.9 Å². The summed E-state index contributed by atoms with van der Waals surface area (Å²) in [5.74, 6) is -1.35. The fourth-order valence-electron chi connectivity index (χ4n) is 1.65. The monoisotopic (exact) mass is 250 g/mol. The second kappa shape index (κ2) is 4.56. The highest BCUT2D eigenvalue weighted by Crippen LogP contribution is 2.27.